The number of hydrogen-bond acceptors (Lipinski definition) is 3. The van der Waals surface area contributed by atoms with Gasteiger partial charge in [-0.1, -0.05) is 35.8 Å². The zero-order chi connectivity index (χ0) is 19.3. The van der Waals surface area contributed by atoms with E-state index in [-0.39, 0.29) is 17.7 Å². The van der Waals surface area contributed by atoms with Crippen molar-refractivity contribution < 1.29 is 14.3 Å². The van der Waals surface area contributed by atoms with E-state index < -0.39 is 5.60 Å². The van der Waals surface area contributed by atoms with Crippen LogP contribution in [0.15, 0.2) is 53.0 Å². The standard InChI is InChI=1S/C20H23BrN2O3/c1-13(2)18(24)22-15-6-5-7-16(12-15)23-19(25)20(3,4)26-17-10-8-14(21)9-11-17/h5-13H,1-4H3,(H,22,24)(H,23,25). The molecule has 0 saturated heterocycles. The van der Waals surface area contributed by atoms with Crippen LogP contribution in [0.5, 0.6) is 5.75 Å². The summed E-state index contributed by atoms with van der Waals surface area (Å²) in [5.41, 5.74) is 0.155. The molecule has 0 aliphatic rings. The highest BCUT2D eigenvalue weighted by Crippen LogP contribution is 2.23. The molecule has 0 spiro atoms. The first-order chi connectivity index (χ1) is 12.2. The minimum Gasteiger partial charge on any atom is -0.478 e. The van der Waals surface area contributed by atoms with Gasteiger partial charge < -0.3 is 15.4 Å². The molecular weight excluding hydrogens is 396 g/mol. The second-order valence-electron chi connectivity index (χ2n) is 6.75. The molecule has 0 aromatic heterocycles. The largest absolute Gasteiger partial charge is 0.478 e. The second-order valence-corrected chi connectivity index (χ2v) is 7.66. The summed E-state index contributed by atoms with van der Waals surface area (Å²) in [5.74, 6) is 0.123. The van der Waals surface area contributed by atoms with Crippen molar-refractivity contribution in [2.45, 2.75) is 33.3 Å². The van der Waals surface area contributed by atoms with Crippen molar-refractivity contribution in [1.29, 1.82) is 0 Å². The fraction of sp³-hybridized carbons (Fsp3) is 0.300. The Kier molecular flexibility index (Phi) is 6.42. The molecule has 0 bridgehead atoms. The number of nitrogens with one attached hydrogen (secondary N) is 2. The van der Waals surface area contributed by atoms with Gasteiger partial charge in [-0.2, -0.15) is 0 Å². The number of halogens is 1. The maximum atomic E-state index is 12.6. The van der Waals surface area contributed by atoms with Crippen LogP contribution in [0.25, 0.3) is 0 Å². The molecular formula is C20H23BrN2O3. The number of anilines is 2. The zero-order valence-electron chi connectivity index (χ0n) is 15.3. The fourth-order valence-electron chi connectivity index (χ4n) is 2.09. The third kappa shape index (κ3) is 5.59. The summed E-state index contributed by atoms with van der Waals surface area (Å²) in [5, 5.41) is 5.65. The molecule has 6 heteroatoms. The van der Waals surface area contributed by atoms with Gasteiger partial charge in [0.25, 0.3) is 5.91 Å². The van der Waals surface area contributed by atoms with Gasteiger partial charge in [0.1, 0.15) is 5.75 Å². The van der Waals surface area contributed by atoms with Crippen molar-refractivity contribution in [3.63, 3.8) is 0 Å². The highest BCUT2D eigenvalue weighted by atomic mass is 79.9. The van der Waals surface area contributed by atoms with Crippen LogP contribution in [0.2, 0.25) is 0 Å². The number of hydrogen-bond donors (Lipinski definition) is 2. The Bertz CT molecular complexity index is 786. The fourth-order valence-corrected chi connectivity index (χ4v) is 2.35. The van der Waals surface area contributed by atoms with E-state index in [4.69, 9.17) is 4.74 Å². The lowest BCUT2D eigenvalue weighted by Crippen LogP contribution is -2.42. The zero-order valence-corrected chi connectivity index (χ0v) is 16.9. The van der Waals surface area contributed by atoms with Crippen LogP contribution in [0.1, 0.15) is 27.7 Å². The molecule has 0 aliphatic heterocycles. The summed E-state index contributed by atoms with van der Waals surface area (Å²) >= 11 is 3.37. The van der Waals surface area contributed by atoms with Crippen LogP contribution in [-0.2, 0) is 9.59 Å². The number of carbonyl (C=O) groups is 2. The van der Waals surface area contributed by atoms with Gasteiger partial charge in [0, 0.05) is 21.8 Å². The van der Waals surface area contributed by atoms with Crippen LogP contribution in [0, 0.1) is 5.92 Å². The summed E-state index contributed by atoms with van der Waals surface area (Å²) in [6.45, 7) is 7.05. The Hall–Kier alpha value is -2.34. The Morgan fingerprint density at radius 2 is 1.58 bits per heavy atom. The van der Waals surface area contributed by atoms with Gasteiger partial charge in [-0.15, -0.1) is 0 Å². The molecule has 2 rings (SSSR count). The maximum absolute atomic E-state index is 12.6. The van der Waals surface area contributed by atoms with E-state index in [9.17, 15) is 9.59 Å². The molecule has 5 nitrogen and oxygen atoms in total. The highest BCUT2D eigenvalue weighted by Gasteiger charge is 2.30. The van der Waals surface area contributed by atoms with Crippen LogP contribution in [-0.4, -0.2) is 17.4 Å². The Labute approximate surface area is 162 Å². The van der Waals surface area contributed by atoms with Crippen LogP contribution in [0.3, 0.4) is 0 Å². The monoisotopic (exact) mass is 418 g/mol. The van der Waals surface area contributed by atoms with Gasteiger partial charge in [0.15, 0.2) is 5.60 Å². The number of rotatable bonds is 6. The Morgan fingerprint density at radius 1 is 1.00 bits per heavy atom. The number of amides is 2. The van der Waals surface area contributed by atoms with Gasteiger partial charge in [-0.05, 0) is 56.3 Å². The number of benzene rings is 2. The van der Waals surface area contributed by atoms with Gasteiger partial charge in [-0.3, -0.25) is 9.59 Å². The van der Waals surface area contributed by atoms with Crippen LogP contribution in [0.4, 0.5) is 11.4 Å². The van der Waals surface area contributed by atoms with E-state index in [0.29, 0.717) is 17.1 Å². The molecule has 0 aliphatic carbocycles. The van der Waals surface area contributed by atoms with Crippen molar-refractivity contribution in [3.8, 4) is 5.75 Å². The first-order valence-electron chi connectivity index (χ1n) is 8.34. The molecule has 0 unspecified atom stereocenters. The first kappa shape index (κ1) is 20.0. The topological polar surface area (TPSA) is 67.4 Å². The average molecular weight is 419 g/mol. The lowest BCUT2D eigenvalue weighted by molar-refractivity contribution is -0.128. The van der Waals surface area contributed by atoms with E-state index in [1.807, 2.05) is 26.0 Å². The summed E-state index contributed by atoms with van der Waals surface area (Å²) in [6, 6.07) is 14.3. The van der Waals surface area contributed by atoms with Gasteiger partial charge in [0.2, 0.25) is 5.91 Å². The van der Waals surface area contributed by atoms with E-state index in [2.05, 4.69) is 26.6 Å². The summed E-state index contributed by atoms with van der Waals surface area (Å²) < 4.78 is 6.75. The second kappa shape index (κ2) is 8.36. The predicted octanol–water partition coefficient (Wildman–Crippen LogP) is 4.84. The molecule has 138 valence electrons. The van der Waals surface area contributed by atoms with Crippen molar-refractivity contribution in [2.24, 2.45) is 5.92 Å². The molecule has 0 saturated carbocycles. The van der Waals surface area contributed by atoms with E-state index in [0.717, 1.165) is 4.47 Å². The quantitative estimate of drug-likeness (QED) is 0.704. The third-order valence-electron chi connectivity index (χ3n) is 3.65. The first-order valence-corrected chi connectivity index (χ1v) is 9.13. The molecule has 2 amide bonds. The molecule has 2 aromatic carbocycles. The summed E-state index contributed by atoms with van der Waals surface area (Å²) in [7, 11) is 0. The average Bonchev–Trinajstić information content (AvgIpc) is 2.57. The molecule has 26 heavy (non-hydrogen) atoms. The highest BCUT2D eigenvalue weighted by molar-refractivity contribution is 9.10. The van der Waals surface area contributed by atoms with Crippen molar-refractivity contribution in [2.75, 3.05) is 10.6 Å². The lowest BCUT2D eigenvalue weighted by Gasteiger charge is -2.25. The molecule has 0 radical (unpaired) electrons. The van der Waals surface area contributed by atoms with E-state index >= 15 is 0 Å². The van der Waals surface area contributed by atoms with Gasteiger partial charge in [0.05, 0.1) is 0 Å². The summed E-state index contributed by atoms with van der Waals surface area (Å²) in [4.78, 5) is 24.4. The SMILES string of the molecule is CC(C)C(=O)Nc1cccc(NC(=O)C(C)(C)Oc2ccc(Br)cc2)c1. The third-order valence-corrected chi connectivity index (χ3v) is 4.17. The van der Waals surface area contributed by atoms with Gasteiger partial charge in [-0.25, -0.2) is 0 Å². The van der Waals surface area contributed by atoms with Crippen molar-refractivity contribution in [3.05, 3.63) is 53.0 Å². The van der Waals surface area contributed by atoms with Crippen LogP contribution < -0.4 is 15.4 Å². The predicted molar refractivity (Wildman–Crippen MR) is 107 cm³/mol. The molecule has 2 N–H and O–H groups in total. The van der Waals surface area contributed by atoms with Crippen molar-refractivity contribution >= 4 is 39.1 Å². The normalized spacial score (nSPS) is 11.2. The number of carbonyl (C=O) groups excluding carboxylic acids is 2. The Balaban J connectivity index is 2.05. The minimum absolute atomic E-state index is 0.0765. The maximum Gasteiger partial charge on any atom is 0.267 e. The van der Waals surface area contributed by atoms with Crippen molar-refractivity contribution in [1.82, 2.24) is 0 Å². The lowest BCUT2D eigenvalue weighted by atomic mass is 10.1. The Morgan fingerprint density at radius 3 is 2.15 bits per heavy atom. The van der Waals surface area contributed by atoms with E-state index in [1.54, 1.807) is 50.2 Å². The molecule has 0 fully saturated rings. The van der Waals surface area contributed by atoms with Gasteiger partial charge >= 0.3 is 0 Å². The summed E-state index contributed by atoms with van der Waals surface area (Å²) in [6.07, 6.45) is 0. The molecule has 2 aromatic rings. The molecule has 0 atom stereocenters. The van der Waals surface area contributed by atoms with Crippen LogP contribution >= 0.6 is 15.9 Å². The minimum atomic E-state index is -1.06. The molecule has 0 heterocycles. The number of ether oxygens (including phenoxy) is 1. The van der Waals surface area contributed by atoms with E-state index in [1.165, 1.54) is 0 Å². The smallest absolute Gasteiger partial charge is 0.267 e.